The van der Waals surface area contributed by atoms with Crippen molar-refractivity contribution in [3.05, 3.63) is 47.5 Å². The molecule has 6 heteroatoms. The van der Waals surface area contributed by atoms with E-state index in [-0.39, 0.29) is 12.4 Å². The van der Waals surface area contributed by atoms with E-state index in [0.717, 1.165) is 31.6 Å². The smallest absolute Gasteiger partial charge is 0.131 e. The van der Waals surface area contributed by atoms with Gasteiger partial charge in [0, 0.05) is 36.8 Å². The Morgan fingerprint density at radius 2 is 2.25 bits per heavy atom. The summed E-state index contributed by atoms with van der Waals surface area (Å²) < 4.78 is 21.0. The van der Waals surface area contributed by atoms with Gasteiger partial charge in [-0.1, -0.05) is 6.07 Å². The van der Waals surface area contributed by atoms with Gasteiger partial charge in [0.05, 0.1) is 26.0 Å². The average molecular weight is 333 g/mol. The van der Waals surface area contributed by atoms with Crippen molar-refractivity contribution in [3.8, 4) is 5.75 Å². The van der Waals surface area contributed by atoms with Crippen LogP contribution < -0.4 is 4.74 Å². The van der Waals surface area contributed by atoms with Crippen LogP contribution >= 0.6 is 0 Å². The highest BCUT2D eigenvalue weighted by Crippen LogP contribution is 2.27. The number of hydrogen-bond acceptors (Lipinski definition) is 4. The molecule has 1 aromatic carbocycles. The van der Waals surface area contributed by atoms with Crippen LogP contribution in [0.4, 0.5) is 4.39 Å². The summed E-state index contributed by atoms with van der Waals surface area (Å²) in [7, 11) is 1.54. The van der Waals surface area contributed by atoms with Gasteiger partial charge in [-0.15, -0.1) is 0 Å². The van der Waals surface area contributed by atoms with Gasteiger partial charge in [0.2, 0.25) is 0 Å². The number of aliphatic hydroxyl groups is 1. The van der Waals surface area contributed by atoms with Crippen LogP contribution in [0.15, 0.2) is 30.5 Å². The predicted molar refractivity (Wildman–Crippen MR) is 89.5 cm³/mol. The molecule has 1 N–H and O–H groups in total. The van der Waals surface area contributed by atoms with E-state index in [9.17, 15) is 4.39 Å². The fourth-order valence-corrected chi connectivity index (χ4v) is 3.29. The molecule has 3 rings (SSSR count). The lowest BCUT2D eigenvalue weighted by atomic mass is 9.94. The number of nitrogens with zero attached hydrogens (tertiary/aromatic N) is 3. The normalized spacial score (nSPS) is 18.7. The first kappa shape index (κ1) is 16.9. The minimum absolute atomic E-state index is 0.0919. The largest absolute Gasteiger partial charge is 0.497 e. The van der Waals surface area contributed by atoms with Gasteiger partial charge in [-0.05, 0) is 31.5 Å². The zero-order chi connectivity index (χ0) is 16.9. The van der Waals surface area contributed by atoms with E-state index in [2.05, 4.69) is 10.00 Å². The molecule has 0 amide bonds. The molecule has 1 fully saturated rings. The Balaban J connectivity index is 1.64. The molecule has 1 aromatic heterocycles. The van der Waals surface area contributed by atoms with E-state index in [0.29, 0.717) is 30.3 Å². The van der Waals surface area contributed by atoms with E-state index in [1.54, 1.807) is 23.9 Å². The molecule has 5 nitrogen and oxygen atoms in total. The standard InChI is InChI=1S/C18H24FN3O2/c1-24-16-5-4-14(17(19)11-16)12-21-7-2-3-15(13-21)18-6-8-22(20-18)9-10-23/h4-6,8,11,15,23H,2-3,7,9-10,12-13H2,1H3. The number of methoxy groups -OCH3 is 1. The topological polar surface area (TPSA) is 50.5 Å². The molecule has 0 saturated carbocycles. The molecule has 0 aliphatic carbocycles. The number of piperidine rings is 1. The highest BCUT2D eigenvalue weighted by atomic mass is 19.1. The van der Waals surface area contributed by atoms with Gasteiger partial charge in [0.15, 0.2) is 0 Å². The van der Waals surface area contributed by atoms with E-state index in [4.69, 9.17) is 9.84 Å². The van der Waals surface area contributed by atoms with Crippen molar-refractivity contribution in [2.45, 2.75) is 31.8 Å². The summed E-state index contributed by atoms with van der Waals surface area (Å²) in [5, 5.41) is 13.5. The molecule has 24 heavy (non-hydrogen) atoms. The monoisotopic (exact) mass is 333 g/mol. The molecule has 2 aromatic rings. The quantitative estimate of drug-likeness (QED) is 0.882. The van der Waals surface area contributed by atoms with Crippen LogP contribution in [0.5, 0.6) is 5.75 Å². The molecule has 0 bridgehead atoms. The highest BCUT2D eigenvalue weighted by molar-refractivity contribution is 5.29. The number of aliphatic hydroxyl groups excluding tert-OH is 1. The molecule has 0 spiro atoms. The summed E-state index contributed by atoms with van der Waals surface area (Å²) in [6, 6.07) is 7.06. The van der Waals surface area contributed by atoms with Gasteiger partial charge in [0.25, 0.3) is 0 Å². The van der Waals surface area contributed by atoms with E-state index >= 15 is 0 Å². The van der Waals surface area contributed by atoms with Gasteiger partial charge in [-0.25, -0.2) is 4.39 Å². The van der Waals surface area contributed by atoms with Crippen LogP contribution in [-0.2, 0) is 13.1 Å². The Hall–Kier alpha value is -1.92. The van der Waals surface area contributed by atoms with Crippen LogP contribution in [0.25, 0.3) is 0 Å². The second-order valence-corrected chi connectivity index (χ2v) is 6.26. The third-order valence-electron chi connectivity index (χ3n) is 4.57. The van der Waals surface area contributed by atoms with Crippen LogP contribution in [-0.4, -0.2) is 46.6 Å². The van der Waals surface area contributed by atoms with Crippen molar-refractivity contribution in [3.63, 3.8) is 0 Å². The number of aromatic nitrogens is 2. The van der Waals surface area contributed by atoms with Crippen molar-refractivity contribution >= 4 is 0 Å². The van der Waals surface area contributed by atoms with Crippen molar-refractivity contribution in [2.24, 2.45) is 0 Å². The first-order valence-corrected chi connectivity index (χ1v) is 8.38. The summed E-state index contributed by atoms with van der Waals surface area (Å²) in [5.41, 5.74) is 1.76. The molecular formula is C18H24FN3O2. The molecule has 2 heterocycles. The molecule has 1 aliphatic rings. The summed E-state index contributed by atoms with van der Waals surface area (Å²) in [4.78, 5) is 2.28. The first-order valence-electron chi connectivity index (χ1n) is 8.38. The molecule has 1 aliphatic heterocycles. The van der Waals surface area contributed by atoms with Crippen LogP contribution in [0.1, 0.15) is 30.0 Å². The molecule has 1 unspecified atom stereocenters. The van der Waals surface area contributed by atoms with Crippen molar-refractivity contribution in [2.75, 3.05) is 26.8 Å². The number of rotatable bonds is 6. The summed E-state index contributed by atoms with van der Waals surface area (Å²) in [5.74, 6) is 0.686. The van der Waals surface area contributed by atoms with Gasteiger partial charge < -0.3 is 9.84 Å². The molecule has 0 radical (unpaired) electrons. The van der Waals surface area contributed by atoms with Crippen molar-refractivity contribution < 1.29 is 14.2 Å². The lowest BCUT2D eigenvalue weighted by Gasteiger charge is -2.32. The van der Waals surface area contributed by atoms with Gasteiger partial charge in [-0.2, -0.15) is 5.10 Å². The Kier molecular flexibility index (Phi) is 5.48. The number of likely N-dealkylation sites (tertiary alicyclic amines) is 1. The van der Waals surface area contributed by atoms with Crippen LogP contribution in [0, 0.1) is 5.82 Å². The van der Waals surface area contributed by atoms with Gasteiger partial charge in [-0.3, -0.25) is 9.58 Å². The Labute approximate surface area is 141 Å². The average Bonchev–Trinajstić information content (AvgIpc) is 3.06. The number of hydrogen-bond donors (Lipinski definition) is 1. The van der Waals surface area contributed by atoms with Crippen LogP contribution in [0.3, 0.4) is 0 Å². The minimum Gasteiger partial charge on any atom is -0.497 e. The lowest BCUT2D eigenvalue weighted by Crippen LogP contribution is -2.34. The second-order valence-electron chi connectivity index (χ2n) is 6.26. The summed E-state index contributed by atoms with van der Waals surface area (Å²) >= 11 is 0. The van der Waals surface area contributed by atoms with Crippen LogP contribution in [0.2, 0.25) is 0 Å². The third kappa shape index (κ3) is 3.94. The summed E-state index contributed by atoms with van der Waals surface area (Å²) in [6.07, 6.45) is 4.08. The van der Waals surface area contributed by atoms with Gasteiger partial charge >= 0.3 is 0 Å². The SMILES string of the molecule is COc1ccc(CN2CCCC(c3ccn(CCO)n3)C2)c(F)c1. The Bertz CT molecular complexity index is 674. The Morgan fingerprint density at radius 3 is 3.00 bits per heavy atom. The number of halogens is 1. The number of ether oxygens (including phenoxy) is 1. The minimum atomic E-state index is -0.219. The highest BCUT2D eigenvalue weighted by Gasteiger charge is 2.23. The molecule has 1 saturated heterocycles. The van der Waals surface area contributed by atoms with Gasteiger partial charge in [0.1, 0.15) is 11.6 Å². The molecular weight excluding hydrogens is 309 g/mol. The molecule has 130 valence electrons. The first-order chi connectivity index (χ1) is 11.7. The summed E-state index contributed by atoms with van der Waals surface area (Å²) in [6.45, 7) is 3.06. The fraction of sp³-hybridized carbons (Fsp3) is 0.500. The Morgan fingerprint density at radius 1 is 1.38 bits per heavy atom. The van der Waals surface area contributed by atoms with E-state index < -0.39 is 0 Å². The zero-order valence-electron chi connectivity index (χ0n) is 14.0. The predicted octanol–water partition coefficient (Wildman–Crippen LogP) is 2.40. The van der Waals surface area contributed by atoms with Crippen molar-refractivity contribution in [1.82, 2.24) is 14.7 Å². The lowest BCUT2D eigenvalue weighted by molar-refractivity contribution is 0.195. The zero-order valence-corrected chi connectivity index (χ0v) is 14.0. The van der Waals surface area contributed by atoms with Crippen molar-refractivity contribution in [1.29, 1.82) is 0 Å². The third-order valence-corrected chi connectivity index (χ3v) is 4.57. The fourth-order valence-electron chi connectivity index (χ4n) is 3.29. The maximum Gasteiger partial charge on any atom is 0.131 e. The van der Waals surface area contributed by atoms with E-state index in [1.165, 1.54) is 6.07 Å². The maximum absolute atomic E-state index is 14.2. The second kappa shape index (κ2) is 7.77. The number of benzene rings is 1. The maximum atomic E-state index is 14.2. The van der Waals surface area contributed by atoms with E-state index in [1.807, 2.05) is 12.3 Å². The molecule has 1 atom stereocenters.